The van der Waals surface area contributed by atoms with Crippen molar-refractivity contribution in [2.75, 3.05) is 12.4 Å². The number of aromatic nitrogens is 1. The van der Waals surface area contributed by atoms with Gasteiger partial charge in [0.25, 0.3) is 0 Å². The molecule has 0 saturated heterocycles. The number of methoxy groups -OCH3 is 1. The predicted octanol–water partition coefficient (Wildman–Crippen LogP) is 3.47. The molecule has 0 bridgehead atoms. The summed E-state index contributed by atoms with van der Waals surface area (Å²) in [5, 5.41) is 12.1. The standard InChI is InChI=1S/C13H10BrN3O/c1-18-13-3-2-10(6-11(13)14)17-12-8-16-5-4-9(12)7-15/h2-6,8,17H,1H3. The van der Waals surface area contributed by atoms with Gasteiger partial charge in [0.1, 0.15) is 11.8 Å². The average molecular weight is 304 g/mol. The fraction of sp³-hybridized carbons (Fsp3) is 0.0769. The average Bonchev–Trinajstić information content (AvgIpc) is 2.39. The topological polar surface area (TPSA) is 57.9 Å². The van der Waals surface area contributed by atoms with Crippen molar-refractivity contribution in [2.45, 2.75) is 0 Å². The van der Waals surface area contributed by atoms with E-state index in [0.29, 0.717) is 11.3 Å². The van der Waals surface area contributed by atoms with E-state index < -0.39 is 0 Å². The molecule has 1 aromatic carbocycles. The minimum absolute atomic E-state index is 0.553. The molecule has 18 heavy (non-hydrogen) atoms. The highest BCUT2D eigenvalue weighted by atomic mass is 79.9. The number of nitrogens with zero attached hydrogens (tertiary/aromatic N) is 2. The molecule has 0 amide bonds. The number of halogens is 1. The number of hydrogen-bond donors (Lipinski definition) is 1. The van der Waals surface area contributed by atoms with Crippen LogP contribution in [0.5, 0.6) is 5.75 Å². The number of benzene rings is 1. The summed E-state index contributed by atoms with van der Waals surface area (Å²) < 4.78 is 6.00. The Kier molecular flexibility index (Phi) is 3.80. The van der Waals surface area contributed by atoms with Gasteiger partial charge in [0.15, 0.2) is 0 Å². The van der Waals surface area contributed by atoms with Crippen LogP contribution < -0.4 is 10.1 Å². The van der Waals surface area contributed by atoms with E-state index in [1.807, 2.05) is 18.2 Å². The lowest BCUT2D eigenvalue weighted by molar-refractivity contribution is 0.412. The first-order valence-corrected chi connectivity index (χ1v) is 5.98. The normalized spacial score (nSPS) is 9.61. The van der Waals surface area contributed by atoms with Crippen molar-refractivity contribution < 1.29 is 4.74 Å². The number of pyridine rings is 1. The minimum atomic E-state index is 0.553. The summed E-state index contributed by atoms with van der Waals surface area (Å²) in [7, 11) is 1.61. The third-order valence-corrected chi connectivity index (χ3v) is 2.99. The van der Waals surface area contributed by atoms with Gasteiger partial charge in [-0.15, -0.1) is 0 Å². The maximum atomic E-state index is 8.99. The van der Waals surface area contributed by atoms with Gasteiger partial charge in [0.05, 0.1) is 29.0 Å². The highest BCUT2D eigenvalue weighted by Gasteiger charge is 2.04. The molecule has 2 aromatic rings. The third-order valence-electron chi connectivity index (χ3n) is 2.37. The summed E-state index contributed by atoms with van der Waals surface area (Å²) in [5.74, 6) is 0.757. The molecule has 1 aromatic heterocycles. The van der Waals surface area contributed by atoms with Gasteiger partial charge in [0, 0.05) is 11.9 Å². The lowest BCUT2D eigenvalue weighted by Crippen LogP contribution is -1.95. The summed E-state index contributed by atoms with van der Waals surface area (Å²) in [4.78, 5) is 4.00. The molecule has 90 valence electrons. The number of nitriles is 1. The van der Waals surface area contributed by atoms with Crippen LogP contribution in [-0.2, 0) is 0 Å². The minimum Gasteiger partial charge on any atom is -0.496 e. The van der Waals surface area contributed by atoms with Gasteiger partial charge < -0.3 is 10.1 Å². The highest BCUT2D eigenvalue weighted by molar-refractivity contribution is 9.10. The van der Waals surface area contributed by atoms with Crippen LogP contribution in [-0.4, -0.2) is 12.1 Å². The van der Waals surface area contributed by atoms with Crippen molar-refractivity contribution >= 4 is 27.3 Å². The van der Waals surface area contributed by atoms with Crippen LogP contribution in [0.25, 0.3) is 0 Å². The van der Waals surface area contributed by atoms with Gasteiger partial charge in [-0.3, -0.25) is 4.98 Å². The Hall–Kier alpha value is -2.06. The molecule has 0 radical (unpaired) electrons. The smallest absolute Gasteiger partial charge is 0.133 e. The zero-order valence-electron chi connectivity index (χ0n) is 9.64. The first kappa shape index (κ1) is 12.4. The van der Waals surface area contributed by atoms with E-state index in [4.69, 9.17) is 10.00 Å². The number of nitrogens with one attached hydrogen (secondary N) is 1. The van der Waals surface area contributed by atoms with Gasteiger partial charge in [-0.05, 0) is 40.2 Å². The summed E-state index contributed by atoms with van der Waals surface area (Å²) in [5.41, 5.74) is 2.08. The van der Waals surface area contributed by atoms with Crippen molar-refractivity contribution in [3.05, 3.63) is 46.7 Å². The lowest BCUT2D eigenvalue weighted by Gasteiger charge is -2.09. The quantitative estimate of drug-likeness (QED) is 0.943. The first-order chi connectivity index (χ1) is 8.74. The molecule has 0 aliphatic rings. The number of anilines is 2. The summed E-state index contributed by atoms with van der Waals surface area (Å²) >= 11 is 3.41. The largest absolute Gasteiger partial charge is 0.496 e. The summed E-state index contributed by atoms with van der Waals surface area (Å²) in [6, 6.07) is 9.38. The molecule has 4 nitrogen and oxygen atoms in total. The molecule has 5 heteroatoms. The Morgan fingerprint density at radius 2 is 2.22 bits per heavy atom. The van der Waals surface area contributed by atoms with E-state index >= 15 is 0 Å². The molecule has 0 aliphatic carbocycles. The fourth-order valence-corrected chi connectivity index (χ4v) is 2.03. The monoisotopic (exact) mass is 303 g/mol. The molecule has 0 atom stereocenters. The fourth-order valence-electron chi connectivity index (χ4n) is 1.49. The highest BCUT2D eigenvalue weighted by Crippen LogP contribution is 2.29. The van der Waals surface area contributed by atoms with Gasteiger partial charge in [-0.2, -0.15) is 5.26 Å². The summed E-state index contributed by atoms with van der Waals surface area (Å²) in [6.45, 7) is 0. The van der Waals surface area contributed by atoms with E-state index in [1.54, 1.807) is 25.6 Å². The van der Waals surface area contributed by atoms with E-state index in [0.717, 1.165) is 15.9 Å². The molecule has 2 rings (SSSR count). The molecular weight excluding hydrogens is 294 g/mol. The molecule has 0 saturated carbocycles. The Balaban J connectivity index is 2.29. The lowest BCUT2D eigenvalue weighted by atomic mass is 10.2. The number of hydrogen-bond acceptors (Lipinski definition) is 4. The van der Waals surface area contributed by atoms with Gasteiger partial charge in [-0.25, -0.2) is 0 Å². The Morgan fingerprint density at radius 3 is 2.89 bits per heavy atom. The molecule has 0 spiro atoms. The Morgan fingerprint density at radius 1 is 1.39 bits per heavy atom. The molecule has 1 heterocycles. The second-order valence-electron chi connectivity index (χ2n) is 3.51. The third kappa shape index (κ3) is 2.60. The maximum Gasteiger partial charge on any atom is 0.133 e. The second-order valence-corrected chi connectivity index (χ2v) is 4.36. The van der Waals surface area contributed by atoms with Gasteiger partial charge in [-0.1, -0.05) is 0 Å². The number of ether oxygens (including phenoxy) is 1. The molecule has 0 fully saturated rings. The van der Waals surface area contributed by atoms with Crippen molar-refractivity contribution in [2.24, 2.45) is 0 Å². The predicted molar refractivity (Wildman–Crippen MR) is 72.9 cm³/mol. The zero-order valence-corrected chi connectivity index (χ0v) is 11.2. The van der Waals surface area contributed by atoms with Crippen molar-refractivity contribution in [3.8, 4) is 11.8 Å². The molecule has 0 aliphatic heterocycles. The van der Waals surface area contributed by atoms with Crippen LogP contribution in [0.4, 0.5) is 11.4 Å². The first-order valence-electron chi connectivity index (χ1n) is 5.19. The van der Waals surface area contributed by atoms with Crippen LogP contribution in [0.3, 0.4) is 0 Å². The Bertz CT molecular complexity index is 607. The van der Waals surface area contributed by atoms with Crippen LogP contribution in [0.2, 0.25) is 0 Å². The van der Waals surface area contributed by atoms with E-state index in [1.165, 1.54) is 0 Å². The summed E-state index contributed by atoms with van der Waals surface area (Å²) in [6.07, 6.45) is 3.21. The van der Waals surface area contributed by atoms with Crippen molar-refractivity contribution in [1.82, 2.24) is 4.98 Å². The SMILES string of the molecule is COc1ccc(Nc2cnccc2C#N)cc1Br. The molecule has 0 unspecified atom stereocenters. The zero-order chi connectivity index (χ0) is 13.0. The van der Waals surface area contributed by atoms with E-state index in [9.17, 15) is 0 Å². The van der Waals surface area contributed by atoms with Crippen LogP contribution in [0, 0.1) is 11.3 Å². The van der Waals surface area contributed by atoms with E-state index in [2.05, 4.69) is 32.3 Å². The Labute approximate surface area is 113 Å². The van der Waals surface area contributed by atoms with Crippen molar-refractivity contribution in [1.29, 1.82) is 5.26 Å². The van der Waals surface area contributed by atoms with Crippen molar-refractivity contribution in [3.63, 3.8) is 0 Å². The second kappa shape index (κ2) is 5.52. The maximum absolute atomic E-state index is 8.99. The van der Waals surface area contributed by atoms with Crippen LogP contribution >= 0.6 is 15.9 Å². The molecular formula is C13H10BrN3O. The van der Waals surface area contributed by atoms with E-state index in [-0.39, 0.29) is 0 Å². The van der Waals surface area contributed by atoms with Gasteiger partial charge >= 0.3 is 0 Å². The van der Waals surface area contributed by atoms with Crippen LogP contribution in [0.1, 0.15) is 5.56 Å². The van der Waals surface area contributed by atoms with Gasteiger partial charge in [0.2, 0.25) is 0 Å². The van der Waals surface area contributed by atoms with Crippen LogP contribution in [0.15, 0.2) is 41.1 Å². The number of rotatable bonds is 3. The molecule has 1 N–H and O–H groups in total.